The number of aromatic hydroxyl groups is 1. The molecule has 0 amide bonds. The maximum Gasteiger partial charge on any atom is 0.169 e. The smallest absolute Gasteiger partial charge is 0.169 e. The van der Waals surface area contributed by atoms with E-state index in [0.717, 1.165) is 18.4 Å². The van der Waals surface area contributed by atoms with Gasteiger partial charge in [0.15, 0.2) is 17.8 Å². The van der Waals surface area contributed by atoms with Gasteiger partial charge in [0.25, 0.3) is 0 Å². The Labute approximate surface area is 156 Å². The fourth-order valence-electron chi connectivity index (χ4n) is 2.66. The summed E-state index contributed by atoms with van der Waals surface area (Å²) in [5.74, 6) is 1.23. The number of ether oxygens (including phenoxy) is 5. The van der Waals surface area contributed by atoms with E-state index in [4.69, 9.17) is 23.7 Å². The van der Waals surface area contributed by atoms with E-state index in [-0.39, 0.29) is 18.1 Å². The van der Waals surface area contributed by atoms with Gasteiger partial charge in [-0.1, -0.05) is 13.3 Å². The SMILES string of the molecule is CCCCOC[C@H](NCC(OC)OC)c1cc(O)c(C)c(OC)c1OC. The minimum absolute atomic E-state index is 0.146. The van der Waals surface area contributed by atoms with E-state index in [1.54, 1.807) is 41.4 Å². The molecule has 26 heavy (non-hydrogen) atoms. The number of unbranched alkanes of at least 4 members (excludes halogenated alkanes) is 1. The summed E-state index contributed by atoms with van der Waals surface area (Å²) in [5, 5.41) is 13.7. The third-order valence-electron chi connectivity index (χ3n) is 4.25. The molecule has 0 aromatic heterocycles. The van der Waals surface area contributed by atoms with Crippen LogP contribution in [0.1, 0.15) is 36.9 Å². The maximum atomic E-state index is 10.3. The number of nitrogens with one attached hydrogen (secondary N) is 1. The topological polar surface area (TPSA) is 78.4 Å². The number of phenolic OH excluding ortho intramolecular Hbond substituents is 1. The van der Waals surface area contributed by atoms with Crippen LogP contribution < -0.4 is 14.8 Å². The Hall–Kier alpha value is -1.54. The molecule has 1 rings (SSSR count). The van der Waals surface area contributed by atoms with Crippen LogP contribution in [0.5, 0.6) is 17.2 Å². The van der Waals surface area contributed by atoms with Crippen LogP contribution in [0.3, 0.4) is 0 Å². The first-order valence-corrected chi connectivity index (χ1v) is 8.85. The predicted molar refractivity (Wildman–Crippen MR) is 100 cm³/mol. The van der Waals surface area contributed by atoms with E-state index in [1.165, 1.54) is 0 Å². The summed E-state index contributed by atoms with van der Waals surface area (Å²) < 4.78 is 27.3. The molecule has 0 spiro atoms. The van der Waals surface area contributed by atoms with Crippen molar-refractivity contribution in [1.29, 1.82) is 0 Å². The van der Waals surface area contributed by atoms with Crippen LogP contribution in [0.15, 0.2) is 6.07 Å². The lowest BCUT2D eigenvalue weighted by Gasteiger charge is -2.25. The van der Waals surface area contributed by atoms with Gasteiger partial charge in [-0.3, -0.25) is 0 Å². The Morgan fingerprint density at radius 1 is 1.08 bits per heavy atom. The summed E-state index contributed by atoms with van der Waals surface area (Å²) in [5.41, 5.74) is 1.39. The van der Waals surface area contributed by atoms with Crippen LogP contribution in [0.4, 0.5) is 0 Å². The molecule has 0 fully saturated rings. The van der Waals surface area contributed by atoms with Crippen molar-refractivity contribution >= 4 is 0 Å². The Kier molecular flexibility index (Phi) is 10.3. The molecule has 0 aliphatic heterocycles. The number of methoxy groups -OCH3 is 4. The second-order valence-electron chi connectivity index (χ2n) is 5.97. The van der Waals surface area contributed by atoms with Crippen molar-refractivity contribution in [3.63, 3.8) is 0 Å². The van der Waals surface area contributed by atoms with Crippen molar-refractivity contribution in [2.75, 3.05) is 48.2 Å². The van der Waals surface area contributed by atoms with Gasteiger partial charge in [-0.2, -0.15) is 0 Å². The van der Waals surface area contributed by atoms with Crippen molar-refractivity contribution in [3.8, 4) is 17.2 Å². The second kappa shape index (κ2) is 12.0. The van der Waals surface area contributed by atoms with Gasteiger partial charge in [-0.25, -0.2) is 0 Å². The summed E-state index contributed by atoms with van der Waals surface area (Å²) >= 11 is 0. The molecule has 0 saturated heterocycles. The van der Waals surface area contributed by atoms with Crippen LogP contribution in [0.25, 0.3) is 0 Å². The molecule has 0 saturated carbocycles. The Morgan fingerprint density at radius 3 is 2.27 bits per heavy atom. The van der Waals surface area contributed by atoms with E-state index < -0.39 is 0 Å². The summed E-state index contributed by atoms with van der Waals surface area (Å²) in [7, 11) is 6.31. The highest BCUT2D eigenvalue weighted by atomic mass is 16.7. The molecule has 0 aliphatic rings. The number of benzene rings is 1. The maximum absolute atomic E-state index is 10.3. The van der Waals surface area contributed by atoms with Gasteiger partial charge in [0, 0.05) is 38.5 Å². The Bertz CT molecular complexity index is 533. The zero-order valence-electron chi connectivity index (χ0n) is 16.8. The summed E-state index contributed by atoms with van der Waals surface area (Å²) in [6.07, 6.45) is 1.67. The summed E-state index contributed by atoms with van der Waals surface area (Å²) in [6.45, 7) is 5.44. The summed E-state index contributed by atoms with van der Waals surface area (Å²) in [6, 6.07) is 1.46. The third kappa shape index (κ3) is 6.02. The molecular weight excluding hydrogens is 338 g/mol. The molecule has 0 aliphatic carbocycles. The minimum Gasteiger partial charge on any atom is -0.508 e. The number of hydrogen-bond donors (Lipinski definition) is 2. The standard InChI is InChI=1S/C19H33NO6/c1-7-8-9-26-12-15(20-11-17(22-3)23-4)14-10-16(21)13(2)18(24-5)19(14)25-6/h10,15,17,20-21H,7-9,11-12H2,1-6H3/t15-/m0/s1. The van der Waals surface area contributed by atoms with Crippen LogP contribution >= 0.6 is 0 Å². The first-order chi connectivity index (χ1) is 12.5. The van der Waals surface area contributed by atoms with E-state index in [2.05, 4.69) is 12.2 Å². The Morgan fingerprint density at radius 2 is 1.73 bits per heavy atom. The van der Waals surface area contributed by atoms with Gasteiger partial charge in [-0.05, 0) is 19.4 Å². The van der Waals surface area contributed by atoms with Crippen LogP contribution in [0, 0.1) is 6.92 Å². The number of hydrogen-bond acceptors (Lipinski definition) is 7. The van der Waals surface area contributed by atoms with Crippen molar-refractivity contribution < 1.29 is 28.8 Å². The largest absolute Gasteiger partial charge is 0.508 e. The van der Waals surface area contributed by atoms with E-state index in [9.17, 15) is 5.11 Å². The van der Waals surface area contributed by atoms with Crippen molar-refractivity contribution in [1.82, 2.24) is 5.32 Å². The van der Waals surface area contributed by atoms with Gasteiger partial charge in [-0.15, -0.1) is 0 Å². The highest BCUT2D eigenvalue weighted by Gasteiger charge is 2.24. The van der Waals surface area contributed by atoms with Crippen molar-refractivity contribution in [2.45, 2.75) is 39.0 Å². The fraction of sp³-hybridized carbons (Fsp3) is 0.684. The molecule has 0 heterocycles. The van der Waals surface area contributed by atoms with Crippen LogP contribution in [0.2, 0.25) is 0 Å². The zero-order chi connectivity index (χ0) is 19.5. The predicted octanol–water partition coefficient (Wildman–Crippen LogP) is 2.78. The molecule has 1 atom stereocenters. The normalized spacial score (nSPS) is 12.4. The molecule has 1 aromatic rings. The third-order valence-corrected chi connectivity index (χ3v) is 4.25. The van der Waals surface area contributed by atoms with E-state index in [1.807, 2.05) is 0 Å². The number of rotatable bonds is 13. The first kappa shape index (κ1) is 22.5. The lowest BCUT2D eigenvalue weighted by Crippen LogP contribution is -2.35. The van der Waals surface area contributed by atoms with Crippen LogP contribution in [-0.4, -0.2) is 59.6 Å². The molecule has 0 bridgehead atoms. The second-order valence-corrected chi connectivity index (χ2v) is 5.97. The van der Waals surface area contributed by atoms with Crippen molar-refractivity contribution in [2.24, 2.45) is 0 Å². The van der Waals surface area contributed by atoms with Gasteiger partial charge in [0.05, 0.1) is 26.9 Å². The van der Waals surface area contributed by atoms with Gasteiger partial charge in [0.1, 0.15) is 5.75 Å². The molecular formula is C19H33NO6. The average Bonchev–Trinajstić information content (AvgIpc) is 2.65. The molecule has 7 nitrogen and oxygen atoms in total. The molecule has 2 N–H and O–H groups in total. The average molecular weight is 371 g/mol. The van der Waals surface area contributed by atoms with Gasteiger partial charge >= 0.3 is 0 Å². The van der Waals surface area contributed by atoms with Gasteiger partial charge < -0.3 is 34.1 Å². The molecule has 1 aromatic carbocycles. The molecule has 7 heteroatoms. The highest BCUT2D eigenvalue weighted by molar-refractivity contribution is 5.58. The quantitative estimate of drug-likeness (QED) is 0.408. The summed E-state index contributed by atoms with van der Waals surface area (Å²) in [4.78, 5) is 0. The monoisotopic (exact) mass is 371 g/mol. The molecule has 150 valence electrons. The Balaban J connectivity index is 3.12. The van der Waals surface area contributed by atoms with Crippen molar-refractivity contribution in [3.05, 3.63) is 17.2 Å². The number of phenols is 1. The fourth-order valence-corrected chi connectivity index (χ4v) is 2.66. The van der Waals surface area contributed by atoms with Crippen LogP contribution in [-0.2, 0) is 14.2 Å². The van der Waals surface area contributed by atoms with E-state index >= 15 is 0 Å². The molecule has 0 radical (unpaired) electrons. The minimum atomic E-state index is -0.389. The zero-order valence-corrected chi connectivity index (χ0v) is 16.8. The highest BCUT2D eigenvalue weighted by Crippen LogP contribution is 2.42. The first-order valence-electron chi connectivity index (χ1n) is 8.85. The lowest BCUT2D eigenvalue weighted by molar-refractivity contribution is -0.101. The molecule has 0 unspecified atom stereocenters. The lowest BCUT2D eigenvalue weighted by atomic mass is 10.0. The van der Waals surface area contributed by atoms with Gasteiger partial charge in [0.2, 0.25) is 0 Å². The van der Waals surface area contributed by atoms with E-state index in [0.29, 0.717) is 36.8 Å².